The highest BCUT2D eigenvalue weighted by Gasteiger charge is 2.26. The lowest BCUT2D eigenvalue weighted by molar-refractivity contribution is -0.0592. The molecule has 42 heavy (non-hydrogen) atoms. The Morgan fingerprint density at radius 2 is 1.86 bits per heavy atom. The van der Waals surface area contributed by atoms with Crippen LogP contribution in [0.5, 0.6) is 5.88 Å². The van der Waals surface area contributed by atoms with E-state index in [-0.39, 0.29) is 11.7 Å². The molecule has 9 nitrogen and oxygen atoms in total. The molecule has 2 saturated heterocycles. The Morgan fingerprint density at radius 3 is 2.67 bits per heavy atom. The van der Waals surface area contributed by atoms with Crippen LogP contribution >= 0.6 is 0 Å². The Labute approximate surface area is 243 Å². The fourth-order valence-corrected chi connectivity index (χ4v) is 6.03. The molecule has 0 amide bonds. The van der Waals surface area contributed by atoms with Crippen LogP contribution in [0.25, 0.3) is 21.8 Å². The molecule has 214 valence electrons. The number of carbonyl (C=O) groups is 1. The van der Waals surface area contributed by atoms with E-state index in [1.54, 1.807) is 12.1 Å². The Bertz CT molecular complexity index is 1730. The Hall–Kier alpha value is -4.34. The third-order valence-electron chi connectivity index (χ3n) is 8.48. The number of piperidine rings is 1. The number of hydrogen-bond acceptors (Lipinski definition) is 7. The molecule has 9 heteroatoms. The van der Waals surface area contributed by atoms with Crippen LogP contribution in [0.1, 0.15) is 52.8 Å². The van der Waals surface area contributed by atoms with Gasteiger partial charge in [-0.25, -0.2) is 14.8 Å². The number of aromatic carboxylic acids is 1. The summed E-state index contributed by atoms with van der Waals surface area (Å²) >= 11 is 0. The first-order chi connectivity index (χ1) is 20.6. The molecule has 1 N–H and O–H groups in total. The Balaban J connectivity index is 1.01. The fraction of sp³-hybridized carbons (Fsp3) is 0.333. The van der Waals surface area contributed by atoms with Crippen LogP contribution < -0.4 is 4.74 Å². The first kappa shape index (κ1) is 26.6. The average molecular weight is 564 g/mol. The van der Waals surface area contributed by atoms with Crippen molar-refractivity contribution >= 4 is 27.8 Å². The number of carboxylic acids is 1. The maximum Gasteiger partial charge on any atom is 0.335 e. The van der Waals surface area contributed by atoms with E-state index in [4.69, 9.17) is 19.4 Å². The number of rotatable bonds is 9. The van der Waals surface area contributed by atoms with Gasteiger partial charge in [-0.2, -0.15) is 0 Å². The van der Waals surface area contributed by atoms with Crippen molar-refractivity contribution in [2.45, 2.75) is 51.0 Å². The summed E-state index contributed by atoms with van der Waals surface area (Å²) < 4.78 is 14.0. The van der Waals surface area contributed by atoms with Crippen LogP contribution in [0.4, 0.5) is 0 Å². The Kier molecular flexibility index (Phi) is 7.27. The van der Waals surface area contributed by atoms with Gasteiger partial charge in [-0.05, 0) is 68.1 Å². The Morgan fingerprint density at radius 1 is 1.00 bits per heavy atom. The molecule has 2 fully saturated rings. The summed E-state index contributed by atoms with van der Waals surface area (Å²) in [6, 6.07) is 21.4. The molecule has 3 aromatic heterocycles. The minimum Gasteiger partial charge on any atom is -0.478 e. The van der Waals surface area contributed by atoms with Crippen molar-refractivity contribution in [2.75, 3.05) is 19.7 Å². The van der Waals surface area contributed by atoms with E-state index in [2.05, 4.69) is 32.7 Å². The summed E-state index contributed by atoms with van der Waals surface area (Å²) in [7, 11) is 0. The van der Waals surface area contributed by atoms with Gasteiger partial charge in [0.2, 0.25) is 5.88 Å². The summed E-state index contributed by atoms with van der Waals surface area (Å²) in [6.45, 7) is 4.42. The predicted octanol–water partition coefficient (Wildman–Crippen LogP) is 5.43. The number of fused-ring (bicyclic) bond motifs is 2. The molecule has 2 aromatic carbocycles. The molecular weight excluding hydrogens is 530 g/mol. The summed E-state index contributed by atoms with van der Waals surface area (Å²) in [6.07, 6.45) is 4.98. The lowest BCUT2D eigenvalue weighted by Crippen LogP contribution is -2.35. The van der Waals surface area contributed by atoms with Gasteiger partial charge in [-0.3, -0.25) is 9.88 Å². The number of pyridine rings is 2. The monoisotopic (exact) mass is 563 g/mol. The number of ether oxygens (including phenoxy) is 2. The van der Waals surface area contributed by atoms with Gasteiger partial charge in [0.1, 0.15) is 12.4 Å². The van der Waals surface area contributed by atoms with Crippen LogP contribution in [0, 0.1) is 0 Å². The molecular formula is C33H33N5O4. The van der Waals surface area contributed by atoms with Gasteiger partial charge < -0.3 is 19.1 Å². The zero-order chi connectivity index (χ0) is 28.5. The lowest BCUT2D eigenvalue weighted by atomic mass is 9.93. The maximum atomic E-state index is 11.6. The third kappa shape index (κ3) is 5.45. The van der Waals surface area contributed by atoms with Gasteiger partial charge >= 0.3 is 5.97 Å². The van der Waals surface area contributed by atoms with Gasteiger partial charge in [0, 0.05) is 35.9 Å². The highest BCUT2D eigenvalue weighted by atomic mass is 16.5. The lowest BCUT2D eigenvalue weighted by Gasteiger charge is -2.32. The summed E-state index contributed by atoms with van der Waals surface area (Å²) in [5.74, 6) is 1.01. The van der Waals surface area contributed by atoms with Crippen molar-refractivity contribution in [3.05, 3.63) is 95.7 Å². The molecule has 0 saturated carbocycles. The van der Waals surface area contributed by atoms with Crippen molar-refractivity contribution in [1.29, 1.82) is 0 Å². The molecule has 0 bridgehead atoms. The standard InChI is InChI=1S/C33H33N5O4/c39-33(40)24-8-9-28-30(18-24)38(19-25-13-17-41-25)31(35-28)20-37-15-11-23(12-16-37)27-6-3-7-32(36-27)42-21-29-26-5-2-1-4-22(26)10-14-34-29/h1-10,14,18,23,25H,11-13,15-17,19-21H2,(H,39,40). The zero-order valence-electron chi connectivity index (χ0n) is 23.4. The highest BCUT2D eigenvalue weighted by Crippen LogP contribution is 2.30. The largest absolute Gasteiger partial charge is 0.478 e. The van der Waals surface area contributed by atoms with Crippen molar-refractivity contribution in [3.8, 4) is 5.88 Å². The summed E-state index contributed by atoms with van der Waals surface area (Å²) in [5.41, 5.74) is 3.92. The summed E-state index contributed by atoms with van der Waals surface area (Å²) in [4.78, 5) is 28.4. The second kappa shape index (κ2) is 11.5. The third-order valence-corrected chi connectivity index (χ3v) is 8.48. The average Bonchev–Trinajstić information content (AvgIpc) is 3.34. The van der Waals surface area contributed by atoms with Gasteiger partial charge in [-0.15, -0.1) is 0 Å². The number of benzene rings is 2. The second-order valence-corrected chi connectivity index (χ2v) is 11.1. The number of hydrogen-bond donors (Lipinski definition) is 1. The smallest absolute Gasteiger partial charge is 0.335 e. The van der Waals surface area contributed by atoms with E-state index in [0.29, 0.717) is 31.5 Å². The number of likely N-dealkylation sites (tertiary alicyclic amines) is 1. The molecule has 1 atom stereocenters. The molecule has 5 aromatic rings. The van der Waals surface area contributed by atoms with Crippen LogP contribution in [-0.2, 0) is 24.4 Å². The van der Waals surface area contributed by atoms with Crippen molar-refractivity contribution in [1.82, 2.24) is 24.4 Å². The molecule has 5 heterocycles. The van der Waals surface area contributed by atoms with Crippen LogP contribution in [-0.4, -0.2) is 61.3 Å². The molecule has 0 radical (unpaired) electrons. The maximum absolute atomic E-state index is 11.6. The van der Waals surface area contributed by atoms with E-state index in [1.807, 2.05) is 42.6 Å². The number of carboxylic acid groups (broad SMARTS) is 1. The number of imidazole rings is 1. The normalized spacial score (nSPS) is 17.9. The molecule has 2 aliphatic rings. The first-order valence-corrected chi connectivity index (χ1v) is 14.6. The van der Waals surface area contributed by atoms with Crippen molar-refractivity contribution < 1.29 is 19.4 Å². The van der Waals surface area contributed by atoms with E-state index in [0.717, 1.165) is 78.0 Å². The van der Waals surface area contributed by atoms with Crippen molar-refractivity contribution in [2.24, 2.45) is 0 Å². The zero-order valence-corrected chi connectivity index (χ0v) is 23.4. The molecule has 2 aliphatic heterocycles. The van der Waals surface area contributed by atoms with Crippen LogP contribution in [0.3, 0.4) is 0 Å². The van der Waals surface area contributed by atoms with Gasteiger partial charge in [0.25, 0.3) is 0 Å². The topological polar surface area (TPSA) is 103 Å². The van der Waals surface area contributed by atoms with E-state index in [9.17, 15) is 9.90 Å². The van der Waals surface area contributed by atoms with E-state index in [1.165, 1.54) is 0 Å². The van der Waals surface area contributed by atoms with Gasteiger partial charge in [0.15, 0.2) is 0 Å². The minimum atomic E-state index is -0.929. The molecule has 7 rings (SSSR count). The quantitative estimate of drug-likeness (QED) is 0.254. The van der Waals surface area contributed by atoms with Crippen LogP contribution in [0.15, 0.2) is 72.9 Å². The van der Waals surface area contributed by atoms with Gasteiger partial charge in [0.05, 0.1) is 41.5 Å². The molecule has 0 spiro atoms. The molecule has 0 aliphatic carbocycles. The van der Waals surface area contributed by atoms with E-state index < -0.39 is 5.97 Å². The number of aromatic nitrogens is 4. The van der Waals surface area contributed by atoms with Crippen LogP contribution in [0.2, 0.25) is 0 Å². The highest BCUT2D eigenvalue weighted by molar-refractivity contribution is 5.92. The van der Waals surface area contributed by atoms with Gasteiger partial charge in [-0.1, -0.05) is 30.3 Å². The second-order valence-electron chi connectivity index (χ2n) is 11.1. The van der Waals surface area contributed by atoms with Crippen molar-refractivity contribution in [3.63, 3.8) is 0 Å². The predicted molar refractivity (Wildman–Crippen MR) is 159 cm³/mol. The fourth-order valence-electron chi connectivity index (χ4n) is 6.03. The first-order valence-electron chi connectivity index (χ1n) is 14.6. The summed E-state index contributed by atoms with van der Waals surface area (Å²) in [5, 5.41) is 11.8. The number of nitrogens with zero attached hydrogens (tertiary/aromatic N) is 5. The molecule has 1 unspecified atom stereocenters. The SMILES string of the molecule is O=C(O)c1ccc2nc(CN3CCC(c4cccc(OCc5nccc6ccccc56)n4)CC3)n(CC3CCO3)c2c1. The minimum absolute atomic E-state index is 0.150. The van der Waals surface area contributed by atoms with E-state index >= 15 is 0 Å².